The number of furan rings is 1. The molecule has 0 amide bonds. The summed E-state index contributed by atoms with van der Waals surface area (Å²) >= 11 is 0. The van der Waals surface area contributed by atoms with E-state index in [2.05, 4.69) is 253 Å². The van der Waals surface area contributed by atoms with Crippen LogP contribution in [0.4, 0.5) is 0 Å². The van der Waals surface area contributed by atoms with Gasteiger partial charge in [0.25, 0.3) is 0 Å². The Kier molecular flexibility index (Phi) is 9.50. The first-order valence-electron chi connectivity index (χ1n) is 25.1. The van der Waals surface area contributed by atoms with Crippen molar-refractivity contribution in [2.75, 3.05) is 0 Å². The zero-order valence-corrected chi connectivity index (χ0v) is 39.9. The molecule has 0 bridgehead atoms. The molecule has 344 valence electrons. The standard InChI is InChI=1S/C69H42N4O/c1-4-17-43(18-5-1)45-31-33-48(34-32-45)67-70-68(56-38-36-51(44-19-6-2-7-20-44)39-58(56)46-21-8-3-9-22-46)72-69(71-67)60-41-52-26-13-14-27-53(52)63-57-29-16-30-61(65(57)74-66(60)63)73-62-42-50-25-11-10-24-49(50)40-59(62)55-37-35-47-23-12-15-28-54(47)64(55)73/h1-42H. The summed E-state index contributed by atoms with van der Waals surface area (Å²) in [4.78, 5) is 16.3. The number of hydrogen-bond donors (Lipinski definition) is 0. The lowest BCUT2D eigenvalue weighted by Crippen LogP contribution is -2.01. The monoisotopic (exact) mass is 942 g/mol. The average Bonchev–Trinajstić information content (AvgIpc) is 4.04. The summed E-state index contributed by atoms with van der Waals surface area (Å²) < 4.78 is 9.92. The van der Waals surface area contributed by atoms with E-state index >= 15 is 0 Å². The summed E-state index contributed by atoms with van der Waals surface area (Å²) in [6.45, 7) is 0. The van der Waals surface area contributed by atoms with Crippen LogP contribution >= 0.6 is 0 Å². The van der Waals surface area contributed by atoms with E-state index in [1.54, 1.807) is 0 Å². The molecule has 5 heteroatoms. The van der Waals surface area contributed by atoms with E-state index in [-0.39, 0.29) is 0 Å². The lowest BCUT2D eigenvalue weighted by atomic mass is 9.94. The Balaban J connectivity index is 1.01. The van der Waals surface area contributed by atoms with Gasteiger partial charge in [0.05, 0.1) is 22.3 Å². The van der Waals surface area contributed by atoms with Crippen molar-refractivity contribution in [3.63, 3.8) is 0 Å². The third kappa shape index (κ3) is 6.75. The normalized spacial score (nSPS) is 11.8. The van der Waals surface area contributed by atoms with Crippen molar-refractivity contribution in [2.45, 2.75) is 0 Å². The molecule has 12 aromatic carbocycles. The fourth-order valence-corrected chi connectivity index (χ4v) is 11.3. The highest BCUT2D eigenvalue weighted by molar-refractivity contribution is 6.25. The van der Waals surface area contributed by atoms with Gasteiger partial charge in [-0.3, -0.25) is 0 Å². The fourth-order valence-electron chi connectivity index (χ4n) is 11.3. The number of hydrogen-bond acceptors (Lipinski definition) is 4. The van der Waals surface area contributed by atoms with Crippen LogP contribution in [0.2, 0.25) is 0 Å². The first kappa shape index (κ1) is 41.8. The molecule has 0 radical (unpaired) electrons. The maximum absolute atomic E-state index is 7.49. The number of aromatic nitrogens is 4. The Morgan fingerprint density at radius 2 is 0.838 bits per heavy atom. The van der Waals surface area contributed by atoms with Crippen LogP contribution in [-0.4, -0.2) is 19.5 Å². The van der Waals surface area contributed by atoms with Crippen molar-refractivity contribution in [3.05, 3.63) is 255 Å². The zero-order valence-electron chi connectivity index (χ0n) is 39.9. The van der Waals surface area contributed by atoms with E-state index in [4.69, 9.17) is 19.4 Å². The van der Waals surface area contributed by atoms with E-state index in [1.165, 1.54) is 32.3 Å². The summed E-state index contributed by atoms with van der Waals surface area (Å²) in [5.74, 6) is 1.66. The highest BCUT2D eigenvalue weighted by Gasteiger charge is 2.25. The van der Waals surface area contributed by atoms with Crippen LogP contribution in [0.15, 0.2) is 259 Å². The SMILES string of the molecule is c1ccc(-c2ccc(-c3nc(-c4ccc(-c5ccccc5)cc4-c4ccccc4)nc(-c4cc5ccccc5c5c4oc4c(-n6c7cc8ccccc8cc7c7ccc8ccccc8c76)cccc45)n3)cc2)cc1. The third-order valence-electron chi connectivity index (χ3n) is 14.8. The van der Waals surface area contributed by atoms with Crippen molar-refractivity contribution in [1.29, 1.82) is 0 Å². The molecule has 0 saturated heterocycles. The number of para-hydroxylation sites is 1. The summed E-state index contributed by atoms with van der Waals surface area (Å²) in [5, 5.41) is 11.3. The van der Waals surface area contributed by atoms with E-state index in [0.29, 0.717) is 23.1 Å². The first-order valence-corrected chi connectivity index (χ1v) is 25.1. The van der Waals surface area contributed by atoms with Crippen LogP contribution in [0.5, 0.6) is 0 Å². The van der Waals surface area contributed by atoms with Crippen molar-refractivity contribution in [2.24, 2.45) is 0 Å². The number of fused-ring (bicyclic) bond motifs is 11. The van der Waals surface area contributed by atoms with Crippen LogP contribution in [0.3, 0.4) is 0 Å². The second kappa shape index (κ2) is 16.8. The Morgan fingerprint density at radius 1 is 0.284 bits per heavy atom. The molecule has 0 aliphatic heterocycles. The van der Waals surface area contributed by atoms with Gasteiger partial charge in [0.2, 0.25) is 0 Å². The van der Waals surface area contributed by atoms with Gasteiger partial charge in [-0.25, -0.2) is 15.0 Å². The molecule has 3 aromatic heterocycles. The molecule has 0 saturated carbocycles. The molecule has 74 heavy (non-hydrogen) atoms. The van der Waals surface area contributed by atoms with Crippen molar-refractivity contribution in [1.82, 2.24) is 19.5 Å². The second-order valence-electron chi connectivity index (χ2n) is 19.1. The summed E-state index contributed by atoms with van der Waals surface area (Å²) in [6.07, 6.45) is 0. The van der Waals surface area contributed by atoms with Gasteiger partial charge in [0, 0.05) is 38.1 Å². The molecule has 15 rings (SSSR count). The fraction of sp³-hybridized carbons (Fsp3) is 0. The summed E-state index contributed by atoms with van der Waals surface area (Å²) in [5.41, 5.74) is 13.9. The van der Waals surface area contributed by atoms with Crippen molar-refractivity contribution >= 4 is 76.1 Å². The number of benzene rings is 12. The average molecular weight is 943 g/mol. The van der Waals surface area contributed by atoms with Crippen LogP contribution in [0.25, 0.3) is 149 Å². The van der Waals surface area contributed by atoms with Gasteiger partial charge < -0.3 is 8.98 Å². The highest BCUT2D eigenvalue weighted by Crippen LogP contribution is 2.46. The maximum atomic E-state index is 7.49. The van der Waals surface area contributed by atoms with Gasteiger partial charge in [0.1, 0.15) is 5.58 Å². The third-order valence-corrected chi connectivity index (χ3v) is 14.8. The van der Waals surface area contributed by atoms with E-state index in [0.717, 1.165) is 93.9 Å². The van der Waals surface area contributed by atoms with Crippen LogP contribution < -0.4 is 0 Å². The lowest BCUT2D eigenvalue weighted by molar-refractivity contribution is 0.667. The van der Waals surface area contributed by atoms with Gasteiger partial charge in [-0.2, -0.15) is 0 Å². The quantitative estimate of drug-likeness (QED) is 0.160. The van der Waals surface area contributed by atoms with Crippen LogP contribution in [0, 0.1) is 0 Å². The molecular weight excluding hydrogens is 901 g/mol. The first-order chi connectivity index (χ1) is 36.7. The molecule has 0 aliphatic rings. The van der Waals surface area contributed by atoms with Crippen molar-refractivity contribution < 1.29 is 4.42 Å². The molecule has 0 spiro atoms. The predicted molar refractivity (Wildman–Crippen MR) is 307 cm³/mol. The molecule has 0 unspecified atom stereocenters. The molecule has 0 aliphatic carbocycles. The molecule has 5 nitrogen and oxygen atoms in total. The predicted octanol–water partition coefficient (Wildman–Crippen LogP) is 18.3. The van der Waals surface area contributed by atoms with Crippen molar-refractivity contribution in [3.8, 4) is 73.2 Å². The molecule has 0 N–H and O–H groups in total. The summed E-state index contributed by atoms with van der Waals surface area (Å²) in [6, 6.07) is 90.4. The molecule has 0 atom stereocenters. The van der Waals surface area contributed by atoms with Crippen LogP contribution in [0.1, 0.15) is 0 Å². The molecule has 0 fully saturated rings. The Morgan fingerprint density at radius 3 is 1.58 bits per heavy atom. The minimum absolute atomic E-state index is 0.522. The van der Waals surface area contributed by atoms with Gasteiger partial charge >= 0.3 is 0 Å². The minimum atomic E-state index is 0.522. The van der Waals surface area contributed by atoms with E-state index in [9.17, 15) is 0 Å². The Labute approximate surface area is 425 Å². The van der Waals surface area contributed by atoms with E-state index in [1.807, 2.05) is 6.07 Å². The second-order valence-corrected chi connectivity index (χ2v) is 19.1. The van der Waals surface area contributed by atoms with Gasteiger partial charge in [0.15, 0.2) is 23.1 Å². The topological polar surface area (TPSA) is 56.7 Å². The summed E-state index contributed by atoms with van der Waals surface area (Å²) in [7, 11) is 0. The zero-order chi connectivity index (χ0) is 48.7. The molecule has 3 heterocycles. The van der Waals surface area contributed by atoms with E-state index < -0.39 is 0 Å². The number of rotatable bonds is 7. The largest absolute Gasteiger partial charge is 0.453 e. The molecular formula is C69H42N4O. The lowest BCUT2D eigenvalue weighted by Gasteiger charge is -2.14. The highest BCUT2D eigenvalue weighted by atomic mass is 16.3. The maximum Gasteiger partial charge on any atom is 0.167 e. The van der Waals surface area contributed by atoms with Gasteiger partial charge in [-0.05, 0) is 96.7 Å². The minimum Gasteiger partial charge on any atom is -0.453 e. The van der Waals surface area contributed by atoms with Crippen LogP contribution in [-0.2, 0) is 0 Å². The smallest absolute Gasteiger partial charge is 0.167 e. The Bertz CT molecular complexity index is 4690. The van der Waals surface area contributed by atoms with Gasteiger partial charge in [-0.15, -0.1) is 0 Å². The van der Waals surface area contributed by atoms with Gasteiger partial charge in [-0.1, -0.05) is 218 Å². The molecule has 15 aromatic rings. The number of nitrogens with zero attached hydrogens (tertiary/aromatic N) is 4. The Hall–Kier alpha value is -9.97.